The highest BCUT2D eigenvalue weighted by Gasteiger charge is 2.24. The molecule has 9 nitrogen and oxygen atoms in total. The summed E-state index contributed by atoms with van der Waals surface area (Å²) in [5.74, 6) is 0.858. The molecule has 0 radical (unpaired) electrons. The number of rotatable bonds is 9. The van der Waals surface area contributed by atoms with E-state index < -0.39 is 16.1 Å². The number of sulfonamides is 1. The fourth-order valence-corrected chi connectivity index (χ4v) is 4.51. The van der Waals surface area contributed by atoms with E-state index in [2.05, 4.69) is 25.6 Å². The van der Waals surface area contributed by atoms with Gasteiger partial charge in [-0.2, -0.15) is 0 Å². The second-order valence-electron chi connectivity index (χ2n) is 6.51. The van der Waals surface area contributed by atoms with Gasteiger partial charge >= 0.3 is 0 Å². The van der Waals surface area contributed by atoms with E-state index in [1.165, 1.54) is 18.2 Å². The molecule has 0 saturated heterocycles. The van der Waals surface area contributed by atoms with Crippen molar-refractivity contribution in [2.24, 2.45) is 0 Å². The maximum absolute atomic E-state index is 12.8. The van der Waals surface area contributed by atoms with Crippen LogP contribution in [0.4, 0.5) is 17.3 Å². The number of benzene rings is 2. The minimum absolute atomic E-state index is 0.00541. The Morgan fingerprint density at radius 2 is 1.84 bits per heavy atom. The Kier molecular flexibility index (Phi) is 7.16. The molecule has 1 heterocycles. The summed E-state index contributed by atoms with van der Waals surface area (Å²) >= 11 is 11.8. The molecule has 12 heteroatoms. The summed E-state index contributed by atoms with van der Waals surface area (Å²) in [7, 11) is -3.87. The van der Waals surface area contributed by atoms with E-state index in [0.29, 0.717) is 36.1 Å². The topological polar surface area (TPSA) is 118 Å². The Hall–Kier alpha value is -2.66. The summed E-state index contributed by atoms with van der Waals surface area (Å²) < 4.78 is 29.8. The predicted octanol–water partition coefficient (Wildman–Crippen LogP) is 3.96. The van der Waals surface area contributed by atoms with Crippen molar-refractivity contribution in [2.45, 2.75) is 31.3 Å². The van der Waals surface area contributed by atoms with Gasteiger partial charge in [-0.15, -0.1) is 10.2 Å². The molecule has 0 unspecified atom stereocenters. The van der Waals surface area contributed by atoms with Crippen LogP contribution < -0.4 is 15.4 Å². The number of aromatic nitrogens is 3. The number of carbonyl (C=O) groups excluding carboxylic acids is 1. The Morgan fingerprint density at radius 3 is 2.52 bits per heavy atom. The molecule has 3 N–H and O–H groups in total. The molecule has 1 atom stereocenters. The van der Waals surface area contributed by atoms with E-state index in [9.17, 15) is 13.2 Å². The molecule has 164 valence electrons. The molecule has 31 heavy (non-hydrogen) atoms. The molecular formula is C19H20Cl2N6O3S. The first-order chi connectivity index (χ1) is 14.7. The zero-order chi connectivity index (χ0) is 22.6. The molecule has 0 aliphatic rings. The third kappa shape index (κ3) is 5.34. The number of halogens is 2. The van der Waals surface area contributed by atoms with Gasteiger partial charge in [-0.1, -0.05) is 29.3 Å². The van der Waals surface area contributed by atoms with Crippen LogP contribution in [0.2, 0.25) is 10.0 Å². The first kappa shape index (κ1) is 23.0. The summed E-state index contributed by atoms with van der Waals surface area (Å²) in [5, 5.41) is 14.4. The van der Waals surface area contributed by atoms with Gasteiger partial charge in [0.05, 0.1) is 21.0 Å². The number of nitrogens with zero attached hydrogens (tertiary/aromatic N) is 3. The van der Waals surface area contributed by atoms with Gasteiger partial charge in [0.2, 0.25) is 22.4 Å². The number of hydrogen-bond donors (Lipinski definition) is 3. The molecule has 0 saturated carbocycles. The molecule has 1 amide bonds. The molecule has 0 aliphatic heterocycles. The zero-order valence-electron chi connectivity index (χ0n) is 16.6. The average molecular weight is 483 g/mol. The van der Waals surface area contributed by atoms with Crippen molar-refractivity contribution >= 4 is 57.0 Å². The summed E-state index contributed by atoms with van der Waals surface area (Å²) in [6.07, 6.45) is 0.591. The summed E-state index contributed by atoms with van der Waals surface area (Å²) in [6, 6.07) is 10.5. The van der Waals surface area contributed by atoms with Gasteiger partial charge in [0.15, 0.2) is 5.82 Å². The van der Waals surface area contributed by atoms with Gasteiger partial charge in [-0.25, -0.2) is 13.1 Å². The Balaban J connectivity index is 1.83. The molecule has 0 fully saturated rings. The van der Waals surface area contributed by atoms with Gasteiger partial charge in [0.1, 0.15) is 0 Å². The monoisotopic (exact) mass is 482 g/mol. The quantitative estimate of drug-likeness (QED) is 0.397. The van der Waals surface area contributed by atoms with Crippen LogP contribution in [0, 0.1) is 0 Å². The lowest BCUT2D eigenvalue weighted by molar-refractivity contribution is -0.105. The molecule has 2 aromatic carbocycles. The fraction of sp³-hybridized carbons (Fsp3) is 0.211. The second-order valence-corrected chi connectivity index (χ2v) is 9.04. The van der Waals surface area contributed by atoms with Crippen LogP contribution in [0.3, 0.4) is 0 Å². The first-order valence-corrected chi connectivity index (χ1v) is 11.5. The Morgan fingerprint density at radius 1 is 1.10 bits per heavy atom. The van der Waals surface area contributed by atoms with Gasteiger partial charge < -0.3 is 10.6 Å². The summed E-state index contributed by atoms with van der Waals surface area (Å²) in [4.78, 5) is 10.6. The van der Waals surface area contributed by atoms with E-state index in [0.717, 1.165) is 0 Å². The Bertz CT molecular complexity index is 1200. The van der Waals surface area contributed by atoms with Gasteiger partial charge in [0.25, 0.3) is 0 Å². The lowest BCUT2D eigenvalue weighted by Gasteiger charge is -2.16. The number of anilines is 3. The maximum atomic E-state index is 12.8. The number of hydrogen-bond acceptors (Lipinski definition) is 6. The third-order valence-corrected chi connectivity index (χ3v) is 6.64. The molecule has 3 aromatic rings. The Labute approximate surface area is 189 Å². The lowest BCUT2D eigenvalue weighted by atomic mass is 10.3. The smallest absolute Gasteiger partial charge is 0.241 e. The second kappa shape index (κ2) is 9.65. The fourth-order valence-electron chi connectivity index (χ4n) is 2.92. The normalized spacial score (nSPS) is 12.4. The largest absolute Gasteiger partial charge is 0.329 e. The molecule has 0 bridgehead atoms. The highest BCUT2D eigenvalue weighted by molar-refractivity contribution is 7.89. The van der Waals surface area contributed by atoms with E-state index in [-0.39, 0.29) is 14.9 Å². The SMILES string of the molecule is CCn1c(Nc2cccc(NC=O)c2)nnc1[C@@H](C)NS(=O)(=O)c1ccc(Cl)c(Cl)c1. The van der Waals surface area contributed by atoms with E-state index in [4.69, 9.17) is 23.2 Å². The number of nitrogens with one attached hydrogen (secondary N) is 3. The van der Waals surface area contributed by atoms with Crippen LogP contribution in [-0.4, -0.2) is 29.6 Å². The highest BCUT2D eigenvalue weighted by Crippen LogP contribution is 2.26. The van der Waals surface area contributed by atoms with Gasteiger partial charge in [-0.3, -0.25) is 9.36 Å². The molecule has 0 spiro atoms. The highest BCUT2D eigenvalue weighted by atomic mass is 35.5. The maximum Gasteiger partial charge on any atom is 0.241 e. The number of amides is 1. The minimum atomic E-state index is -3.87. The average Bonchev–Trinajstić information content (AvgIpc) is 3.13. The van der Waals surface area contributed by atoms with Crippen molar-refractivity contribution in [1.29, 1.82) is 0 Å². The lowest BCUT2D eigenvalue weighted by Crippen LogP contribution is -2.29. The van der Waals surface area contributed by atoms with Crippen LogP contribution in [0.25, 0.3) is 0 Å². The van der Waals surface area contributed by atoms with E-state index >= 15 is 0 Å². The van der Waals surface area contributed by atoms with Crippen LogP contribution in [0.15, 0.2) is 47.4 Å². The van der Waals surface area contributed by atoms with Crippen LogP contribution in [0.1, 0.15) is 25.7 Å². The van der Waals surface area contributed by atoms with Crippen molar-refractivity contribution in [1.82, 2.24) is 19.5 Å². The van der Waals surface area contributed by atoms with Crippen molar-refractivity contribution in [3.8, 4) is 0 Å². The summed E-state index contributed by atoms with van der Waals surface area (Å²) in [6.45, 7) is 4.06. The van der Waals surface area contributed by atoms with Crippen LogP contribution in [-0.2, 0) is 21.4 Å². The zero-order valence-corrected chi connectivity index (χ0v) is 19.0. The van der Waals surface area contributed by atoms with Crippen LogP contribution in [0.5, 0.6) is 0 Å². The van der Waals surface area contributed by atoms with Crippen LogP contribution >= 0.6 is 23.2 Å². The van der Waals surface area contributed by atoms with E-state index in [1.54, 1.807) is 35.8 Å². The summed E-state index contributed by atoms with van der Waals surface area (Å²) in [5.41, 5.74) is 1.30. The van der Waals surface area contributed by atoms with Crippen molar-refractivity contribution in [3.05, 3.63) is 58.3 Å². The first-order valence-electron chi connectivity index (χ1n) is 9.23. The van der Waals surface area contributed by atoms with Gasteiger partial charge in [-0.05, 0) is 50.2 Å². The number of carbonyl (C=O) groups is 1. The van der Waals surface area contributed by atoms with Crippen molar-refractivity contribution in [3.63, 3.8) is 0 Å². The minimum Gasteiger partial charge on any atom is -0.329 e. The van der Waals surface area contributed by atoms with E-state index in [1.807, 2.05) is 6.92 Å². The van der Waals surface area contributed by atoms with Crippen molar-refractivity contribution < 1.29 is 13.2 Å². The van der Waals surface area contributed by atoms with Crippen molar-refractivity contribution in [2.75, 3.05) is 10.6 Å². The predicted molar refractivity (Wildman–Crippen MR) is 120 cm³/mol. The third-order valence-electron chi connectivity index (χ3n) is 4.36. The molecule has 3 rings (SSSR count). The standard InChI is InChI=1S/C19H20Cl2N6O3S/c1-3-27-18(12(2)26-31(29,30)15-7-8-16(20)17(21)10-15)24-25-19(27)23-14-6-4-5-13(9-14)22-11-28/h4-12,26H,3H2,1-2H3,(H,22,28)(H,23,25)/t12-/m1/s1. The molecule has 0 aliphatic carbocycles. The molecular weight excluding hydrogens is 463 g/mol. The van der Waals surface area contributed by atoms with Gasteiger partial charge in [0, 0.05) is 17.9 Å². The molecule has 1 aromatic heterocycles.